The monoisotopic (exact) mass is 354 g/mol. The van der Waals surface area contributed by atoms with Crippen LogP contribution >= 0.6 is 0 Å². The van der Waals surface area contributed by atoms with Gasteiger partial charge in [0, 0.05) is 13.1 Å². The van der Waals surface area contributed by atoms with Crippen molar-refractivity contribution in [2.45, 2.75) is 43.5 Å². The van der Waals surface area contributed by atoms with E-state index in [1.54, 1.807) is 19.1 Å². The molecular formula is C16H22N2O5S. The lowest BCUT2D eigenvalue weighted by atomic mass is 10.0. The molecule has 1 atom stereocenters. The maximum atomic E-state index is 12.4. The Kier molecular flexibility index (Phi) is 5.95. The third kappa shape index (κ3) is 4.33. The molecule has 1 heterocycles. The van der Waals surface area contributed by atoms with E-state index < -0.39 is 22.0 Å². The van der Waals surface area contributed by atoms with Crippen LogP contribution < -0.4 is 4.72 Å². The average molecular weight is 354 g/mol. The number of likely N-dealkylation sites (tertiary alicyclic amines) is 1. The van der Waals surface area contributed by atoms with E-state index in [9.17, 15) is 23.1 Å². The molecule has 1 aromatic rings. The molecule has 1 aliphatic heterocycles. The van der Waals surface area contributed by atoms with Gasteiger partial charge in [-0.05, 0) is 37.0 Å². The number of rotatable bonds is 6. The Morgan fingerprint density at radius 1 is 1.25 bits per heavy atom. The van der Waals surface area contributed by atoms with Crippen LogP contribution in [0.1, 0.15) is 31.7 Å². The van der Waals surface area contributed by atoms with Gasteiger partial charge in [-0.15, -0.1) is 0 Å². The van der Waals surface area contributed by atoms with Gasteiger partial charge in [-0.25, -0.2) is 17.9 Å². The maximum absolute atomic E-state index is 12.4. The SMILES string of the molecule is CCNS(=O)(=O)c1ccc(CC(=O)N2CCCC[C@@H]2C(=O)O)cc1. The molecule has 0 spiro atoms. The zero-order chi connectivity index (χ0) is 17.7. The van der Waals surface area contributed by atoms with Crippen LogP contribution in [0, 0.1) is 0 Å². The van der Waals surface area contributed by atoms with Crippen molar-refractivity contribution in [1.82, 2.24) is 9.62 Å². The number of carbonyl (C=O) groups excluding carboxylic acids is 1. The van der Waals surface area contributed by atoms with Crippen molar-refractivity contribution < 1.29 is 23.1 Å². The van der Waals surface area contributed by atoms with Crippen molar-refractivity contribution in [2.75, 3.05) is 13.1 Å². The van der Waals surface area contributed by atoms with Gasteiger partial charge in [-0.1, -0.05) is 19.1 Å². The van der Waals surface area contributed by atoms with E-state index in [-0.39, 0.29) is 17.2 Å². The minimum absolute atomic E-state index is 0.0608. The summed E-state index contributed by atoms with van der Waals surface area (Å²) >= 11 is 0. The summed E-state index contributed by atoms with van der Waals surface area (Å²) in [5.74, 6) is -1.22. The Labute approximate surface area is 141 Å². The van der Waals surface area contributed by atoms with Crippen molar-refractivity contribution in [3.8, 4) is 0 Å². The first-order chi connectivity index (χ1) is 11.3. The summed E-state index contributed by atoms with van der Waals surface area (Å²) < 4.78 is 26.2. The van der Waals surface area contributed by atoms with E-state index in [1.165, 1.54) is 17.0 Å². The standard InChI is InChI=1S/C16H22N2O5S/c1-2-17-24(22,23)13-8-6-12(7-9-13)11-15(19)18-10-4-3-5-14(18)16(20)21/h6-9,14,17H,2-5,10-11H2,1H3,(H,20,21)/t14-/m1/s1. The van der Waals surface area contributed by atoms with E-state index in [2.05, 4.69) is 4.72 Å². The van der Waals surface area contributed by atoms with Gasteiger partial charge in [0.2, 0.25) is 15.9 Å². The van der Waals surface area contributed by atoms with Gasteiger partial charge < -0.3 is 10.0 Å². The molecular weight excluding hydrogens is 332 g/mol. The molecule has 0 aromatic heterocycles. The Morgan fingerprint density at radius 2 is 1.92 bits per heavy atom. The average Bonchev–Trinajstić information content (AvgIpc) is 2.55. The first kappa shape index (κ1) is 18.4. The van der Waals surface area contributed by atoms with E-state index in [1.807, 2.05) is 0 Å². The van der Waals surface area contributed by atoms with Crippen molar-refractivity contribution in [3.05, 3.63) is 29.8 Å². The predicted octanol–water partition coefficient (Wildman–Crippen LogP) is 0.993. The van der Waals surface area contributed by atoms with Gasteiger partial charge in [-0.3, -0.25) is 4.79 Å². The van der Waals surface area contributed by atoms with Crippen LogP contribution in [0.25, 0.3) is 0 Å². The second-order valence-electron chi connectivity index (χ2n) is 5.76. The summed E-state index contributed by atoms with van der Waals surface area (Å²) in [6, 6.07) is 5.31. The number of benzene rings is 1. The molecule has 2 N–H and O–H groups in total. The van der Waals surface area contributed by atoms with Crippen molar-refractivity contribution in [1.29, 1.82) is 0 Å². The molecule has 2 rings (SSSR count). The lowest BCUT2D eigenvalue weighted by Crippen LogP contribution is -2.48. The van der Waals surface area contributed by atoms with Gasteiger partial charge >= 0.3 is 5.97 Å². The molecule has 0 unspecified atom stereocenters. The molecule has 1 amide bonds. The predicted molar refractivity (Wildman–Crippen MR) is 88.0 cm³/mol. The number of hydrogen-bond donors (Lipinski definition) is 2. The Bertz CT molecular complexity index is 700. The number of nitrogens with zero attached hydrogens (tertiary/aromatic N) is 1. The van der Waals surface area contributed by atoms with Gasteiger partial charge in [-0.2, -0.15) is 0 Å². The van der Waals surface area contributed by atoms with E-state index in [0.29, 0.717) is 25.1 Å². The number of piperidine rings is 1. The maximum Gasteiger partial charge on any atom is 0.326 e. The lowest BCUT2D eigenvalue weighted by Gasteiger charge is -2.33. The Morgan fingerprint density at radius 3 is 2.50 bits per heavy atom. The molecule has 1 fully saturated rings. The summed E-state index contributed by atoms with van der Waals surface area (Å²) in [4.78, 5) is 25.2. The molecule has 1 aromatic carbocycles. The highest BCUT2D eigenvalue weighted by atomic mass is 32.2. The van der Waals surface area contributed by atoms with Crippen molar-refractivity contribution in [3.63, 3.8) is 0 Å². The fourth-order valence-corrected chi connectivity index (χ4v) is 3.86. The van der Waals surface area contributed by atoms with Gasteiger partial charge in [0.25, 0.3) is 0 Å². The normalized spacial score (nSPS) is 18.4. The number of nitrogens with one attached hydrogen (secondary N) is 1. The topological polar surface area (TPSA) is 104 Å². The number of amides is 1. The zero-order valence-corrected chi connectivity index (χ0v) is 14.4. The quantitative estimate of drug-likeness (QED) is 0.793. The molecule has 132 valence electrons. The summed E-state index contributed by atoms with van der Waals surface area (Å²) in [5.41, 5.74) is 0.658. The number of hydrogen-bond acceptors (Lipinski definition) is 4. The molecule has 24 heavy (non-hydrogen) atoms. The Balaban J connectivity index is 2.08. The van der Waals surface area contributed by atoms with Crippen LogP contribution in [0.5, 0.6) is 0 Å². The van der Waals surface area contributed by atoms with Gasteiger partial charge in [0.05, 0.1) is 11.3 Å². The second kappa shape index (κ2) is 7.76. The third-order valence-electron chi connectivity index (χ3n) is 4.03. The van der Waals surface area contributed by atoms with Crippen LogP contribution in [0.15, 0.2) is 29.2 Å². The highest BCUT2D eigenvalue weighted by Gasteiger charge is 2.31. The first-order valence-corrected chi connectivity index (χ1v) is 9.44. The molecule has 7 nitrogen and oxygen atoms in total. The second-order valence-corrected chi connectivity index (χ2v) is 7.53. The molecule has 8 heteroatoms. The number of aliphatic carboxylic acids is 1. The van der Waals surface area contributed by atoms with Gasteiger partial charge in [0.15, 0.2) is 0 Å². The highest BCUT2D eigenvalue weighted by molar-refractivity contribution is 7.89. The third-order valence-corrected chi connectivity index (χ3v) is 5.59. The first-order valence-electron chi connectivity index (χ1n) is 7.96. The molecule has 1 saturated heterocycles. The van der Waals surface area contributed by atoms with Gasteiger partial charge in [0.1, 0.15) is 6.04 Å². The van der Waals surface area contributed by atoms with Crippen molar-refractivity contribution in [2.24, 2.45) is 0 Å². The largest absolute Gasteiger partial charge is 0.480 e. The number of carboxylic acids is 1. The lowest BCUT2D eigenvalue weighted by molar-refractivity contribution is -0.151. The van der Waals surface area contributed by atoms with Crippen LogP contribution in [-0.4, -0.2) is 49.4 Å². The number of carbonyl (C=O) groups is 2. The summed E-state index contributed by atoms with van der Waals surface area (Å²) in [6.07, 6.45) is 2.14. The molecule has 0 aliphatic carbocycles. The van der Waals surface area contributed by atoms with Crippen LogP contribution in [0.3, 0.4) is 0 Å². The minimum Gasteiger partial charge on any atom is -0.480 e. The smallest absolute Gasteiger partial charge is 0.326 e. The van der Waals surface area contributed by atoms with Crippen LogP contribution in [-0.2, 0) is 26.0 Å². The summed E-state index contributed by atoms with van der Waals surface area (Å²) in [5, 5.41) is 9.23. The fourth-order valence-electron chi connectivity index (χ4n) is 2.82. The van der Waals surface area contributed by atoms with E-state index in [0.717, 1.165) is 12.8 Å². The zero-order valence-electron chi connectivity index (χ0n) is 13.6. The summed E-state index contributed by atoms with van der Waals surface area (Å²) in [7, 11) is -3.52. The molecule has 0 saturated carbocycles. The fraction of sp³-hybridized carbons (Fsp3) is 0.500. The van der Waals surface area contributed by atoms with Crippen LogP contribution in [0.4, 0.5) is 0 Å². The van der Waals surface area contributed by atoms with Crippen molar-refractivity contribution >= 4 is 21.9 Å². The van der Waals surface area contributed by atoms with E-state index >= 15 is 0 Å². The number of sulfonamides is 1. The van der Waals surface area contributed by atoms with E-state index in [4.69, 9.17) is 0 Å². The molecule has 1 aliphatic rings. The summed E-state index contributed by atoms with van der Waals surface area (Å²) in [6.45, 7) is 2.44. The van der Waals surface area contributed by atoms with Crippen LogP contribution in [0.2, 0.25) is 0 Å². The molecule has 0 radical (unpaired) electrons. The minimum atomic E-state index is -3.52. The number of carboxylic acid groups (broad SMARTS) is 1. The Hall–Kier alpha value is -1.93. The highest BCUT2D eigenvalue weighted by Crippen LogP contribution is 2.19. The molecule has 0 bridgehead atoms.